The number of hydrogen-bond donors (Lipinski definition) is 3. The molecule has 1 fully saturated rings. The quantitative estimate of drug-likeness (QED) is 0.607. The second kappa shape index (κ2) is 9.87. The van der Waals surface area contributed by atoms with Crippen molar-refractivity contribution in [1.82, 2.24) is 10.2 Å². The van der Waals surface area contributed by atoms with Crippen LogP contribution in [0, 0.1) is 0 Å². The topological polar surface area (TPSA) is 95.7 Å². The summed E-state index contributed by atoms with van der Waals surface area (Å²) in [4.78, 5) is 28.3. The number of hydrogen-bond acceptors (Lipinski definition) is 5. The zero-order chi connectivity index (χ0) is 23.6. The predicted molar refractivity (Wildman–Crippen MR) is 132 cm³/mol. The van der Waals surface area contributed by atoms with Gasteiger partial charge in [-0.25, -0.2) is 0 Å². The molecule has 2 aromatic carbocycles. The Morgan fingerprint density at radius 2 is 1.88 bits per heavy atom. The molecular weight excluding hydrogens is 434 g/mol. The summed E-state index contributed by atoms with van der Waals surface area (Å²) in [7, 11) is 0. The van der Waals surface area contributed by atoms with Gasteiger partial charge in [0.1, 0.15) is 12.1 Å². The second-order valence-corrected chi connectivity index (χ2v) is 11.1. The van der Waals surface area contributed by atoms with Crippen molar-refractivity contribution < 1.29 is 14.7 Å². The molecule has 4 rings (SSSR count). The molecule has 1 saturated heterocycles. The van der Waals surface area contributed by atoms with Crippen molar-refractivity contribution in [1.29, 1.82) is 0 Å². The van der Waals surface area contributed by atoms with Gasteiger partial charge < -0.3 is 21.1 Å². The molecule has 1 aliphatic carbocycles. The van der Waals surface area contributed by atoms with E-state index in [1.54, 1.807) is 11.8 Å². The summed E-state index contributed by atoms with van der Waals surface area (Å²) in [5.41, 5.74) is 9.59. The molecule has 0 bridgehead atoms. The van der Waals surface area contributed by atoms with Crippen LogP contribution in [-0.2, 0) is 22.4 Å². The van der Waals surface area contributed by atoms with Crippen LogP contribution in [0.1, 0.15) is 49.4 Å². The van der Waals surface area contributed by atoms with Crippen LogP contribution in [0.15, 0.2) is 54.6 Å². The van der Waals surface area contributed by atoms with Crippen molar-refractivity contribution in [3.63, 3.8) is 0 Å². The predicted octanol–water partition coefficient (Wildman–Crippen LogP) is 2.79. The van der Waals surface area contributed by atoms with Gasteiger partial charge in [-0.2, -0.15) is 0 Å². The smallest absolute Gasteiger partial charge is 0.254 e. The third-order valence-electron chi connectivity index (χ3n) is 6.74. The van der Waals surface area contributed by atoms with Gasteiger partial charge in [0.05, 0.1) is 11.9 Å². The number of aliphatic hydroxyl groups is 1. The van der Waals surface area contributed by atoms with Crippen LogP contribution in [0.3, 0.4) is 0 Å². The monoisotopic (exact) mass is 467 g/mol. The highest BCUT2D eigenvalue weighted by Crippen LogP contribution is 2.40. The molecule has 4 atom stereocenters. The molecule has 0 aromatic heterocycles. The van der Waals surface area contributed by atoms with Gasteiger partial charge in [0.15, 0.2) is 0 Å². The Hall–Kier alpha value is -2.35. The minimum absolute atomic E-state index is 0.0638. The maximum atomic E-state index is 13.5. The van der Waals surface area contributed by atoms with Crippen molar-refractivity contribution in [2.24, 2.45) is 5.73 Å². The molecule has 0 saturated carbocycles. The number of thioether (sulfide) groups is 1. The lowest BCUT2D eigenvalue weighted by molar-refractivity contribution is -0.147. The van der Waals surface area contributed by atoms with E-state index >= 15 is 0 Å². The Bertz CT molecular complexity index is 997. The molecule has 2 amide bonds. The first-order valence-electron chi connectivity index (χ1n) is 11.6. The maximum Gasteiger partial charge on any atom is 0.254 e. The number of carbonyl (C=O) groups is 2. The van der Waals surface area contributed by atoms with E-state index in [0.29, 0.717) is 12.3 Å². The van der Waals surface area contributed by atoms with E-state index in [-0.39, 0.29) is 11.9 Å². The van der Waals surface area contributed by atoms with E-state index in [0.717, 1.165) is 30.4 Å². The van der Waals surface area contributed by atoms with E-state index in [1.807, 2.05) is 56.3 Å². The average molecular weight is 468 g/mol. The molecule has 0 radical (unpaired) electrons. The molecule has 33 heavy (non-hydrogen) atoms. The normalized spacial score (nSPS) is 23.5. The fraction of sp³-hybridized carbons (Fsp3) is 0.462. The van der Waals surface area contributed by atoms with E-state index < -0.39 is 28.8 Å². The second-order valence-electron chi connectivity index (χ2n) is 9.54. The van der Waals surface area contributed by atoms with Crippen molar-refractivity contribution in [2.45, 2.75) is 68.5 Å². The lowest BCUT2D eigenvalue weighted by Gasteiger charge is -2.34. The fourth-order valence-corrected chi connectivity index (χ4v) is 6.06. The van der Waals surface area contributed by atoms with Gasteiger partial charge in [-0.15, -0.1) is 11.8 Å². The largest absolute Gasteiger partial charge is 0.382 e. The Morgan fingerprint density at radius 3 is 2.64 bits per heavy atom. The third-order valence-corrected chi connectivity index (χ3v) is 8.11. The standard InChI is InChI=1S/C26H33N3O3S/c1-26(2)23(24(31)28-21-14-8-12-18-11-6-7-13-19(18)21)29(16-33-26)25(32)22(30)20(27)15-17-9-4-3-5-10-17/h3-7,9-11,13,20-23,30H,8,12,14-16,27H2,1-2H3,(H,28,31)/t20-,21-,22-,23+/m0/s1. The zero-order valence-electron chi connectivity index (χ0n) is 19.2. The van der Waals surface area contributed by atoms with Crippen LogP contribution < -0.4 is 11.1 Å². The summed E-state index contributed by atoms with van der Waals surface area (Å²) in [6, 6.07) is 16.3. The van der Waals surface area contributed by atoms with Crippen molar-refractivity contribution >= 4 is 23.6 Å². The zero-order valence-corrected chi connectivity index (χ0v) is 20.1. The van der Waals surface area contributed by atoms with Crippen LogP contribution in [-0.4, -0.2) is 50.6 Å². The number of amides is 2. The first kappa shape index (κ1) is 23.8. The van der Waals surface area contributed by atoms with Crippen molar-refractivity contribution in [3.8, 4) is 0 Å². The summed E-state index contributed by atoms with van der Waals surface area (Å²) in [5, 5.41) is 14.0. The van der Waals surface area contributed by atoms with E-state index in [4.69, 9.17) is 5.73 Å². The van der Waals surface area contributed by atoms with E-state index in [2.05, 4.69) is 17.4 Å². The molecular formula is C26H33N3O3S. The highest BCUT2D eigenvalue weighted by molar-refractivity contribution is 8.00. The third kappa shape index (κ3) is 5.10. The highest BCUT2D eigenvalue weighted by atomic mass is 32.2. The van der Waals surface area contributed by atoms with Crippen LogP contribution in [0.2, 0.25) is 0 Å². The Balaban J connectivity index is 1.48. The van der Waals surface area contributed by atoms with Crippen molar-refractivity contribution in [2.75, 3.05) is 5.88 Å². The number of nitrogens with two attached hydrogens (primary N) is 1. The molecule has 2 aliphatic rings. The molecule has 1 aliphatic heterocycles. The lowest BCUT2D eigenvalue weighted by atomic mass is 9.87. The van der Waals surface area contributed by atoms with Gasteiger partial charge in [0, 0.05) is 10.8 Å². The Labute approximate surface area is 199 Å². The van der Waals surface area contributed by atoms with Crippen LogP contribution in [0.4, 0.5) is 0 Å². The lowest BCUT2D eigenvalue weighted by Crippen LogP contribution is -2.58. The van der Waals surface area contributed by atoms with E-state index in [9.17, 15) is 14.7 Å². The van der Waals surface area contributed by atoms with Gasteiger partial charge in [-0.05, 0) is 56.2 Å². The summed E-state index contributed by atoms with van der Waals surface area (Å²) < 4.78 is -0.475. The number of aryl methyl sites for hydroxylation is 1. The summed E-state index contributed by atoms with van der Waals surface area (Å²) in [5.74, 6) is -0.315. The van der Waals surface area contributed by atoms with Crippen LogP contribution in [0.25, 0.3) is 0 Å². The minimum Gasteiger partial charge on any atom is -0.382 e. The van der Waals surface area contributed by atoms with E-state index in [1.165, 1.54) is 10.5 Å². The fourth-order valence-electron chi connectivity index (χ4n) is 4.92. The molecule has 6 nitrogen and oxygen atoms in total. The minimum atomic E-state index is -1.37. The SMILES string of the molecule is CC1(C)SCN(C(=O)[C@@H](O)[C@@H](N)Cc2ccccc2)[C@@H]1C(=O)N[C@H]1CCCc2ccccc21. The summed E-state index contributed by atoms with van der Waals surface area (Å²) in [6.07, 6.45) is 1.92. The molecule has 2 aromatic rings. The number of nitrogens with zero attached hydrogens (tertiary/aromatic N) is 1. The number of rotatable bonds is 6. The molecule has 4 N–H and O–H groups in total. The van der Waals surface area contributed by atoms with Gasteiger partial charge in [-0.3, -0.25) is 9.59 Å². The number of nitrogens with one attached hydrogen (secondary N) is 1. The Morgan fingerprint density at radius 1 is 1.18 bits per heavy atom. The molecule has 0 spiro atoms. The van der Waals surface area contributed by atoms with Gasteiger partial charge >= 0.3 is 0 Å². The highest BCUT2D eigenvalue weighted by Gasteiger charge is 2.49. The molecule has 7 heteroatoms. The van der Waals surface area contributed by atoms with Gasteiger partial charge in [0.25, 0.3) is 5.91 Å². The first-order valence-corrected chi connectivity index (χ1v) is 12.6. The number of fused-ring (bicyclic) bond motifs is 1. The van der Waals surface area contributed by atoms with Crippen LogP contribution >= 0.6 is 11.8 Å². The average Bonchev–Trinajstić information content (AvgIpc) is 3.14. The first-order chi connectivity index (χ1) is 15.8. The molecule has 176 valence electrons. The molecule has 1 heterocycles. The number of benzene rings is 2. The van der Waals surface area contributed by atoms with Crippen molar-refractivity contribution in [3.05, 3.63) is 71.3 Å². The molecule has 0 unspecified atom stereocenters. The Kier molecular flexibility index (Phi) is 7.12. The summed E-state index contributed by atoms with van der Waals surface area (Å²) >= 11 is 1.55. The number of aliphatic hydroxyl groups excluding tert-OH is 1. The van der Waals surface area contributed by atoms with Gasteiger partial charge in [-0.1, -0.05) is 54.6 Å². The summed E-state index contributed by atoms with van der Waals surface area (Å²) in [6.45, 7) is 3.95. The van der Waals surface area contributed by atoms with Crippen LogP contribution in [0.5, 0.6) is 0 Å². The maximum absolute atomic E-state index is 13.5. The number of carbonyl (C=O) groups excluding carboxylic acids is 2. The van der Waals surface area contributed by atoms with Gasteiger partial charge in [0.2, 0.25) is 5.91 Å².